The van der Waals surface area contributed by atoms with Gasteiger partial charge in [-0.25, -0.2) is 0 Å². The van der Waals surface area contributed by atoms with E-state index in [1.54, 1.807) is 6.26 Å². The Morgan fingerprint density at radius 2 is 2.38 bits per heavy atom. The third-order valence-corrected chi connectivity index (χ3v) is 5.08. The molecule has 1 atom stereocenters. The lowest BCUT2D eigenvalue weighted by Crippen LogP contribution is -2.32. The molecule has 132 valence electrons. The van der Waals surface area contributed by atoms with E-state index in [-0.39, 0.29) is 11.2 Å². The molecule has 0 fully saturated rings. The summed E-state index contributed by atoms with van der Waals surface area (Å²) in [6, 6.07) is 3.73. The summed E-state index contributed by atoms with van der Waals surface area (Å²) in [6.45, 7) is 6.36. The lowest BCUT2D eigenvalue weighted by atomic mass is 10.4. The highest BCUT2D eigenvalue weighted by molar-refractivity contribution is 8.02. The predicted molar refractivity (Wildman–Crippen MR) is 95.4 cm³/mol. The number of aromatic nitrogens is 2. The normalized spacial score (nSPS) is 12.1. The molecule has 7 nitrogen and oxygen atoms in total. The molecule has 1 unspecified atom stereocenters. The van der Waals surface area contributed by atoms with E-state index in [2.05, 4.69) is 20.8 Å². The fourth-order valence-corrected chi connectivity index (χ4v) is 3.70. The van der Waals surface area contributed by atoms with Gasteiger partial charge in [0.25, 0.3) is 0 Å². The second-order valence-electron chi connectivity index (χ2n) is 4.91. The first-order chi connectivity index (χ1) is 11.7. The van der Waals surface area contributed by atoms with Crippen LogP contribution in [0.4, 0.5) is 5.13 Å². The molecule has 2 heterocycles. The number of carbonyl (C=O) groups is 1. The van der Waals surface area contributed by atoms with Crippen LogP contribution in [-0.2, 0) is 16.1 Å². The topological polar surface area (TPSA) is 89.3 Å². The van der Waals surface area contributed by atoms with Gasteiger partial charge in [-0.05, 0) is 32.4 Å². The third kappa shape index (κ3) is 6.50. The van der Waals surface area contributed by atoms with Crippen LogP contribution >= 0.6 is 23.1 Å². The van der Waals surface area contributed by atoms with Crippen LogP contribution in [0.1, 0.15) is 26.0 Å². The summed E-state index contributed by atoms with van der Waals surface area (Å²) in [5.41, 5.74) is 0. The van der Waals surface area contributed by atoms with Crippen LogP contribution in [0.3, 0.4) is 0 Å². The number of thioether (sulfide) groups is 1. The van der Waals surface area contributed by atoms with Gasteiger partial charge in [-0.3, -0.25) is 4.79 Å². The van der Waals surface area contributed by atoms with Gasteiger partial charge < -0.3 is 19.8 Å². The first kappa shape index (κ1) is 18.8. The van der Waals surface area contributed by atoms with Gasteiger partial charge in [0.2, 0.25) is 11.0 Å². The Kier molecular flexibility index (Phi) is 8.06. The lowest BCUT2D eigenvalue weighted by molar-refractivity contribution is -0.120. The zero-order valence-electron chi connectivity index (χ0n) is 13.8. The van der Waals surface area contributed by atoms with Gasteiger partial charge in [0.05, 0.1) is 18.1 Å². The summed E-state index contributed by atoms with van der Waals surface area (Å²) in [4.78, 5) is 12.0. The van der Waals surface area contributed by atoms with Crippen molar-refractivity contribution in [3.8, 4) is 0 Å². The van der Waals surface area contributed by atoms with Gasteiger partial charge in [0.15, 0.2) is 4.34 Å². The second kappa shape index (κ2) is 10.3. The molecule has 1 amide bonds. The molecule has 24 heavy (non-hydrogen) atoms. The monoisotopic (exact) mass is 370 g/mol. The molecule has 2 N–H and O–H groups in total. The van der Waals surface area contributed by atoms with Crippen LogP contribution in [0.25, 0.3) is 0 Å². The molecule has 2 aromatic heterocycles. The minimum absolute atomic E-state index is 0.00297. The maximum Gasteiger partial charge on any atom is 0.233 e. The zero-order valence-corrected chi connectivity index (χ0v) is 15.4. The van der Waals surface area contributed by atoms with Crippen molar-refractivity contribution < 1.29 is 13.9 Å². The van der Waals surface area contributed by atoms with E-state index >= 15 is 0 Å². The summed E-state index contributed by atoms with van der Waals surface area (Å²) in [5.74, 6) is 0.830. The molecule has 0 aliphatic carbocycles. The Hall–Kier alpha value is -1.58. The number of carbonyl (C=O) groups excluding carboxylic acids is 1. The summed E-state index contributed by atoms with van der Waals surface area (Å²) in [5, 5.41) is 14.7. The van der Waals surface area contributed by atoms with Crippen molar-refractivity contribution in [3.63, 3.8) is 0 Å². The van der Waals surface area contributed by atoms with E-state index in [0.29, 0.717) is 31.4 Å². The largest absolute Gasteiger partial charge is 0.467 e. The number of nitrogens with zero attached hydrogens (tertiary/aromatic N) is 2. The molecular formula is C15H22N4O3S2. The number of anilines is 1. The van der Waals surface area contributed by atoms with Crippen molar-refractivity contribution in [2.45, 2.75) is 36.4 Å². The average molecular weight is 371 g/mol. The number of nitrogens with one attached hydrogen (secondary N) is 2. The highest BCUT2D eigenvalue weighted by Gasteiger charge is 2.16. The SMILES string of the molecule is CCOCCCNC(=O)C(C)Sc1nnc(NCc2ccco2)s1. The molecule has 2 rings (SSSR count). The van der Waals surface area contributed by atoms with Crippen molar-refractivity contribution in [2.75, 3.05) is 25.1 Å². The quantitative estimate of drug-likeness (QED) is 0.464. The number of amides is 1. The van der Waals surface area contributed by atoms with E-state index in [0.717, 1.165) is 16.5 Å². The van der Waals surface area contributed by atoms with Crippen molar-refractivity contribution in [1.82, 2.24) is 15.5 Å². The van der Waals surface area contributed by atoms with Gasteiger partial charge >= 0.3 is 0 Å². The Balaban J connectivity index is 1.69. The van der Waals surface area contributed by atoms with Gasteiger partial charge in [-0.1, -0.05) is 23.1 Å². The van der Waals surface area contributed by atoms with Crippen LogP contribution in [0.2, 0.25) is 0 Å². The Bertz CT molecular complexity index is 604. The average Bonchev–Trinajstić information content (AvgIpc) is 3.24. The highest BCUT2D eigenvalue weighted by atomic mass is 32.2. The molecule has 2 aromatic rings. The number of rotatable bonds is 11. The Labute approximate surface area is 149 Å². The van der Waals surface area contributed by atoms with Gasteiger partial charge in [0.1, 0.15) is 5.76 Å². The minimum atomic E-state index is -0.219. The summed E-state index contributed by atoms with van der Waals surface area (Å²) in [6.07, 6.45) is 2.45. The minimum Gasteiger partial charge on any atom is -0.467 e. The van der Waals surface area contributed by atoms with Crippen LogP contribution < -0.4 is 10.6 Å². The van der Waals surface area contributed by atoms with E-state index < -0.39 is 0 Å². The molecule has 0 aromatic carbocycles. The molecule has 0 aliphatic heterocycles. The molecule has 0 aliphatic rings. The van der Waals surface area contributed by atoms with Crippen molar-refractivity contribution in [1.29, 1.82) is 0 Å². The van der Waals surface area contributed by atoms with Crippen molar-refractivity contribution in [3.05, 3.63) is 24.2 Å². The standard InChI is InChI=1S/C15H22N4O3S2/c1-3-21-8-5-7-16-13(20)11(2)23-15-19-18-14(24-15)17-10-12-6-4-9-22-12/h4,6,9,11H,3,5,7-8,10H2,1-2H3,(H,16,20)(H,17,18). The molecule has 9 heteroatoms. The fourth-order valence-electron chi connectivity index (χ4n) is 1.78. The Morgan fingerprint density at radius 1 is 1.50 bits per heavy atom. The Morgan fingerprint density at radius 3 is 3.12 bits per heavy atom. The number of hydrogen-bond donors (Lipinski definition) is 2. The maximum absolute atomic E-state index is 12.0. The summed E-state index contributed by atoms with van der Waals surface area (Å²) < 4.78 is 11.2. The van der Waals surface area contributed by atoms with Crippen molar-refractivity contribution >= 4 is 34.1 Å². The molecule has 0 saturated carbocycles. The molecule has 0 radical (unpaired) electrons. The lowest BCUT2D eigenvalue weighted by Gasteiger charge is -2.10. The molecule has 0 bridgehead atoms. The van der Waals surface area contributed by atoms with Gasteiger partial charge in [0, 0.05) is 19.8 Å². The second-order valence-corrected chi connectivity index (χ2v) is 7.47. The van der Waals surface area contributed by atoms with E-state index in [4.69, 9.17) is 9.15 Å². The van der Waals surface area contributed by atoms with Crippen LogP contribution in [0.5, 0.6) is 0 Å². The van der Waals surface area contributed by atoms with Gasteiger partial charge in [-0.2, -0.15) is 0 Å². The summed E-state index contributed by atoms with van der Waals surface area (Å²) >= 11 is 2.83. The summed E-state index contributed by atoms with van der Waals surface area (Å²) in [7, 11) is 0. The molecule has 0 saturated heterocycles. The highest BCUT2D eigenvalue weighted by Crippen LogP contribution is 2.29. The smallest absolute Gasteiger partial charge is 0.233 e. The van der Waals surface area contributed by atoms with Crippen LogP contribution in [-0.4, -0.2) is 41.1 Å². The van der Waals surface area contributed by atoms with E-state index in [1.165, 1.54) is 23.1 Å². The third-order valence-electron chi connectivity index (χ3n) is 3.02. The first-order valence-corrected chi connectivity index (χ1v) is 9.50. The first-order valence-electron chi connectivity index (χ1n) is 7.81. The number of hydrogen-bond acceptors (Lipinski definition) is 8. The zero-order chi connectivity index (χ0) is 17.2. The van der Waals surface area contributed by atoms with Crippen LogP contribution in [0, 0.1) is 0 Å². The van der Waals surface area contributed by atoms with Crippen LogP contribution in [0.15, 0.2) is 27.2 Å². The maximum atomic E-state index is 12.0. The predicted octanol–water partition coefficient (Wildman–Crippen LogP) is 2.77. The van der Waals surface area contributed by atoms with E-state index in [1.807, 2.05) is 26.0 Å². The fraction of sp³-hybridized carbons (Fsp3) is 0.533. The number of ether oxygens (including phenoxy) is 1. The van der Waals surface area contributed by atoms with Crippen molar-refractivity contribution in [2.24, 2.45) is 0 Å². The van der Waals surface area contributed by atoms with E-state index in [9.17, 15) is 4.79 Å². The van der Waals surface area contributed by atoms with Gasteiger partial charge in [-0.15, -0.1) is 10.2 Å². The molecular weight excluding hydrogens is 348 g/mol. The number of furan rings is 1. The molecule has 0 spiro atoms.